The Morgan fingerprint density at radius 1 is 1.24 bits per heavy atom. The minimum absolute atomic E-state index is 0.0668. The Morgan fingerprint density at radius 3 is 2.62 bits per heavy atom. The van der Waals surface area contributed by atoms with Crippen molar-refractivity contribution in [3.05, 3.63) is 84.3 Å². The quantitative estimate of drug-likeness (QED) is 0.540. The monoisotopic (exact) mass is 390 g/mol. The van der Waals surface area contributed by atoms with Gasteiger partial charge in [-0.2, -0.15) is 5.10 Å². The Bertz CT molecular complexity index is 962. The van der Waals surface area contributed by atoms with E-state index in [4.69, 9.17) is 4.74 Å². The van der Waals surface area contributed by atoms with Crippen LogP contribution in [0.1, 0.15) is 41.4 Å². The molecule has 0 aliphatic heterocycles. The van der Waals surface area contributed by atoms with Crippen molar-refractivity contribution in [3.63, 3.8) is 0 Å². The molecule has 0 N–H and O–H groups in total. The average molecular weight is 390 g/mol. The fraction of sp³-hybridized carbons (Fsp3) is 0.261. The summed E-state index contributed by atoms with van der Waals surface area (Å²) < 4.78 is 7.25. The molecule has 29 heavy (non-hydrogen) atoms. The molecule has 3 aromatic rings. The summed E-state index contributed by atoms with van der Waals surface area (Å²) in [4.78, 5) is 19.2. The lowest BCUT2D eigenvalue weighted by atomic mass is 10.0. The Kier molecular flexibility index (Phi) is 6.44. The van der Waals surface area contributed by atoms with E-state index in [2.05, 4.69) is 30.5 Å². The van der Waals surface area contributed by atoms with Gasteiger partial charge in [0.25, 0.3) is 5.91 Å². The van der Waals surface area contributed by atoms with Crippen LogP contribution in [0.15, 0.2) is 67.5 Å². The van der Waals surface area contributed by atoms with Crippen molar-refractivity contribution < 1.29 is 9.53 Å². The predicted octanol–water partition coefficient (Wildman–Crippen LogP) is 4.23. The van der Waals surface area contributed by atoms with Gasteiger partial charge in [0.15, 0.2) is 5.82 Å². The zero-order chi connectivity index (χ0) is 20.8. The van der Waals surface area contributed by atoms with Crippen molar-refractivity contribution in [3.8, 4) is 11.6 Å². The maximum Gasteiger partial charge on any atom is 0.257 e. The summed E-state index contributed by atoms with van der Waals surface area (Å²) in [7, 11) is 1.80. The molecule has 6 heteroatoms. The largest absolute Gasteiger partial charge is 0.490 e. The van der Waals surface area contributed by atoms with Crippen LogP contribution in [0.2, 0.25) is 0 Å². The number of aromatic nitrogens is 3. The second kappa shape index (κ2) is 9.19. The van der Waals surface area contributed by atoms with Crippen molar-refractivity contribution >= 4 is 5.91 Å². The van der Waals surface area contributed by atoms with Crippen molar-refractivity contribution in [1.29, 1.82) is 0 Å². The van der Waals surface area contributed by atoms with Crippen LogP contribution in [0, 0.1) is 0 Å². The first-order chi connectivity index (χ1) is 14.0. The third-order valence-corrected chi connectivity index (χ3v) is 4.51. The Balaban J connectivity index is 1.79. The Morgan fingerprint density at radius 2 is 2.00 bits per heavy atom. The molecule has 6 nitrogen and oxygen atoms in total. The summed E-state index contributed by atoms with van der Waals surface area (Å²) in [6, 6.07) is 13.4. The van der Waals surface area contributed by atoms with Gasteiger partial charge in [-0.15, -0.1) is 0 Å². The van der Waals surface area contributed by atoms with E-state index >= 15 is 0 Å². The molecule has 0 aliphatic carbocycles. The third-order valence-electron chi connectivity index (χ3n) is 4.51. The second-order valence-electron chi connectivity index (χ2n) is 7.10. The summed E-state index contributed by atoms with van der Waals surface area (Å²) >= 11 is 0. The van der Waals surface area contributed by atoms with Crippen LogP contribution in [-0.2, 0) is 6.54 Å². The predicted molar refractivity (Wildman–Crippen MR) is 113 cm³/mol. The molecule has 1 aromatic carbocycles. The molecule has 0 bridgehead atoms. The van der Waals surface area contributed by atoms with Gasteiger partial charge in [0.2, 0.25) is 0 Å². The van der Waals surface area contributed by atoms with Gasteiger partial charge in [0.05, 0.1) is 17.5 Å². The molecule has 0 aliphatic rings. The summed E-state index contributed by atoms with van der Waals surface area (Å²) in [6.07, 6.45) is 5.06. The molecule has 2 aromatic heterocycles. The van der Waals surface area contributed by atoms with Crippen LogP contribution in [0.3, 0.4) is 0 Å². The third kappa shape index (κ3) is 4.71. The average Bonchev–Trinajstić information content (AvgIpc) is 3.18. The van der Waals surface area contributed by atoms with Crippen molar-refractivity contribution in [2.45, 2.75) is 26.3 Å². The lowest BCUT2D eigenvalue weighted by Gasteiger charge is -2.19. The van der Waals surface area contributed by atoms with Crippen molar-refractivity contribution in [2.24, 2.45) is 0 Å². The van der Waals surface area contributed by atoms with E-state index in [9.17, 15) is 4.79 Å². The topological polar surface area (TPSA) is 60.2 Å². The standard InChI is InChI=1S/C23H26N4O2/c1-5-14-29-19-11-9-18(10-12-19)16-26(4)23(28)20-15-25-27(22(20)17(2)3)21-8-6-7-13-24-21/h5-13,15,17H,1,14,16H2,2-4H3. The van der Waals surface area contributed by atoms with Gasteiger partial charge in [-0.1, -0.05) is 44.7 Å². The van der Waals surface area contributed by atoms with Crippen LogP contribution >= 0.6 is 0 Å². The van der Waals surface area contributed by atoms with E-state index < -0.39 is 0 Å². The number of carbonyl (C=O) groups is 1. The normalized spacial score (nSPS) is 10.8. The molecule has 0 radical (unpaired) electrons. The van der Waals surface area contributed by atoms with Crippen LogP contribution < -0.4 is 4.74 Å². The van der Waals surface area contributed by atoms with Crippen LogP contribution in [0.4, 0.5) is 0 Å². The summed E-state index contributed by atoms with van der Waals surface area (Å²) in [5.74, 6) is 1.53. The maximum atomic E-state index is 13.1. The minimum Gasteiger partial charge on any atom is -0.490 e. The summed E-state index contributed by atoms with van der Waals surface area (Å²) in [6.45, 7) is 8.70. The molecule has 1 amide bonds. The molecule has 3 rings (SSSR count). The lowest BCUT2D eigenvalue weighted by Crippen LogP contribution is -2.27. The van der Waals surface area contributed by atoms with Gasteiger partial charge in [-0.05, 0) is 35.7 Å². The van der Waals surface area contributed by atoms with E-state index in [0.717, 1.165) is 17.0 Å². The molecule has 0 saturated heterocycles. The molecule has 2 heterocycles. The minimum atomic E-state index is -0.0668. The van der Waals surface area contributed by atoms with Gasteiger partial charge in [0, 0.05) is 19.8 Å². The number of hydrogen-bond donors (Lipinski definition) is 0. The maximum absolute atomic E-state index is 13.1. The van der Waals surface area contributed by atoms with Crippen molar-refractivity contribution in [2.75, 3.05) is 13.7 Å². The van der Waals surface area contributed by atoms with Crippen LogP contribution in [-0.4, -0.2) is 39.2 Å². The number of ether oxygens (including phenoxy) is 1. The van der Waals surface area contributed by atoms with Gasteiger partial charge in [-0.25, -0.2) is 9.67 Å². The number of nitrogens with zero attached hydrogens (tertiary/aromatic N) is 4. The Hall–Kier alpha value is -3.41. The zero-order valence-electron chi connectivity index (χ0n) is 17.1. The van der Waals surface area contributed by atoms with Gasteiger partial charge in [0.1, 0.15) is 12.4 Å². The molecule has 150 valence electrons. The van der Waals surface area contributed by atoms with E-state index in [1.165, 1.54) is 0 Å². The summed E-state index contributed by atoms with van der Waals surface area (Å²) in [5, 5.41) is 4.44. The first kappa shape index (κ1) is 20.3. The van der Waals surface area contributed by atoms with Gasteiger partial charge < -0.3 is 9.64 Å². The van der Waals surface area contributed by atoms with Gasteiger partial charge >= 0.3 is 0 Å². The second-order valence-corrected chi connectivity index (χ2v) is 7.10. The van der Waals surface area contributed by atoms with E-state index in [1.54, 1.807) is 35.1 Å². The molecular formula is C23H26N4O2. The first-order valence-electron chi connectivity index (χ1n) is 9.58. The van der Waals surface area contributed by atoms with E-state index in [1.807, 2.05) is 42.5 Å². The SMILES string of the molecule is C=CCOc1ccc(CN(C)C(=O)c2cnn(-c3ccccn3)c2C(C)C)cc1. The first-order valence-corrected chi connectivity index (χ1v) is 9.58. The number of rotatable bonds is 8. The molecular weight excluding hydrogens is 364 g/mol. The van der Waals surface area contributed by atoms with Gasteiger partial charge in [-0.3, -0.25) is 4.79 Å². The molecule has 0 saturated carbocycles. The fourth-order valence-corrected chi connectivity index (χ4v) is 3.14. The highest BCUT2D eigenvalue weighted by atomic mass is 16.5. The number of benzene rings is 1. The van der Waals surface area contributed by atoms with Crippen LogP contribution in [0.5, 0.6) is 5.75 Å². The number of carbonyl (C=O) groups excluding carboxylic acids is 1. The smallest absolute Gasteiger partial charge is 0.257 e. The highest BCUT2D eigenvalue weighted by molar-refractivity contribution is 5.95. The van der Waals surface area contributed by atoms with Crippen LogP contribution in [0.25, 0.3) is 5.82 Å². The molecule has 0 unspecified atom stereocenters. The fourth-order valence-electron chi connectivity index (χ4n) is 3.14. The number of hydrogen-bond acceptors (Lipinski definition) is 4. The number of amides is 1. The van der Waals surface area contributed by atoms with Crippen molar-refractivity contribution in [1.82, 2.24) is 19.7 Å². The van der Waals surface area contributed by atoms with E-state index in [0.29, 0.717) is 24.5 Å². The Labute approximate surface area is 171 Å². The highest BCUT2D eigenvalue weighted by Gasteiger charge is 2.23. The number of pyridine rings is 1. The van der Waals surface area contributed by atoms with E-state index in [-0.39, 0.29) is 11.8 Å². The molecule has 0 spiro atoms. The highest BCUT2D eigenvalue weighted by Crippen LogP contribution is 2.24. The lowest BCUT2D eigenvalue weighted by molar-refractivity contribution is 0.0783. The molecule has 0 fully saturated rings. The summed E-state index contributed by atoms with van der Waals surface area (Å²) in [5.41, 5.74) is 2.47. The zero-order valence-corrected chi connectivity index (χ0v) is 17.1. The molecule has 0 atom stereocenters.